The molecule has 1 N–H and O–H groups in total. The number of hydrogen-bond acceptors (Lipinski definition) is 6. The molecule has 162 valence electrons. The molecule has 0 aliphatic carbocycles. The Morgan fingerprint density at radius 1 is 0.970 bits per heavy atom. The number of amides is 1. The van der Waals surface area contributed by atoms with Crippen molar-refractivity contribution in [2.24, 2.45) is 0 Å². The number of carbonyl (C=O) groups is 1. The zero-order valence-corrected chi connectivity index (χ0v) is 17.4. The first-order valence-corrected chi connectivity index (χ1v) is 10.1. The van der Waals surface area contributed by atoms with Crippen molar-refractivity contribution in [3.63, 3.8) is 0 Å². The first-order chi connectivity index (χ1) is 16.0. The van der Waals surface area contributed by atoms with E-state index in [9.17, 15) is 14.9 Å². The van der Waals surface area contributed by atoms with E-state index >= 15 is 0 Å². The van der Waals surface area contributed by atoms with Crippen LogP contribution in [-0.2, 0) is 0 Å². The maximum absolute atomic E-state index is 12.7. The summed E-state index contributed by atoms with van der Waals surface area (Å²) in [7, 11) is 0. The molecule has 1 amide bonds. The molecule has 0 fully saturated rings. The highest BCUT2D eigenvalue weighted by Gasteiger charge is 2.19. The maximum Gasteiger partial charge on any atom is 0.291 e. The Bertz CT molecular complexity index is 1500. The van der Waals surface area contributed by atoms with E-state index in [0.717, 1.165) is 11.1 Å². The number of carbonyl (C=O) groups excluding carboxylic acids is 1. The number of nitro benzene ring substituents is 1. The fourth-order valence-electron chi connectivity index (χ4n) is 3.46. The van der Waals surface area contributed by atoms with Gasteiger partial charge in [-0.1, -0.05) is 29.8 Å². The molecule has 0 radical (unpaired) electrons. The Labute approximate surface area is 187 Å². The van der Waals surface area contributed by atoms with Crippen molar-refractivity contribution < 1.29 is 18.6 Å². The molecule has 0 aliphatic rings. The summed E-state index contributed by atoms with van der Waals surface area (Å²) in [6.45, 7) is 2.01. The Morgan fingerprint density at radius 3 is 2.55 bits per heavy atom. The molecule has 0 atom stereocenters. The summed E-state index contributed by atoms with van der Waals surface area (Å²) in [4.78, 5) is 28.0. The standard InChI is InChI=1S/C25H17N3O5/c1-15-6-8-16(9-7-15)25-27-19-14-17(10-11-22(19)33-25)26-24(29)23-13-12-21(32-23)18-4-2-3-5-20(18)28(30)31/h2-14H,1H3,(H,26,29). The van der Waals surface area contributed by atoms with Crippen molar-refractivity contribution in [3.05, 3.63) is 100 Å². The molecule has 8 nitrogen and oxygen atoms in total. The lowest BCUT2D eigenvalue weighted by Gasteiger charge is -2.03. The van der Waals surface area contributed by atoms with E-state index in [-0.39, 0.29) is 17.2 Å². The van der Waals surface area contributed by atoms with E-state index in [4.69, 9.17) is 8.83 Å². The van der Waals surface area contributed by atoms with Gasteiger partial charge in [-0.05, 0) is 55.5 Å². The lowest BCUT2D eigenvalue weighted by molar-refractivity contribution is -0.384. The molecule has 8 heteroatoms. The number of aromatic nitrogens is 1. The summed E-state index contributed by atoms with van der Waals surface area (Å²) < 4.78 is 11.4. The minimum absolute atomic E-state index is 0.0312. The maximum atomic E-state index is 12.7. The predicted octanol–water partition coefficient (Wildman–Crippen LogP) is 6.22. The van der Waals surface area contributed by atoms with Crippen LogP contribution in [0.3, 0.4) is 0 Å². The molecule has 3 aromatic carbocycles. The van der Waals surface area contributed by atoms with Crippen LogP contribution < -0.4 is 5.32 Å². The van der Waals surface area contributed by atoms with Gasteiger partial charge in [0, 0.05) is 17.3 Å². The third-order valence-electron chi connectivity index (χ3n) is 5.14. The van der Waals surface area contributed by atoms with Crippen molar-refractivity contribution in [2.75, 3.05) is 5.32 Å². The minimum Gasteiger partial charge on any atom is -0.451 e. The highest BCUT2D eigenvalue weighted by molar-refractivity contribution is 6.03. The van der Waals surface area contributed by atoms with Crippen LogP contribution in [0.4, 0.5) is 11.4 Å². The van der Waals surface area contributed by atoms with Crippen molar-refractivity contribution in [2.45, 2.75) is 6.92 Å². The second-order valence-corrected chi connectivity index (χ2v) is 7.46. The Hall–Kier alpha value is -4.72. The normalized spacial score (nSPS) is 10.9. The predicted molar refractivity (Wildman–Crippen MR) is 123 cm³/mol. The Balaban J connectivity index is 1.37. The second kappa shape index (κ2) is 8.08. The molecule has 0 unspecified atom stereocenters. The molecule has 5 rings (SSSR count). The number of nitrogens with one attached hydrogen (secondary N) is 1. The Kier molecular flexibility index (Phi) is 4.95. The number of furan rings is 1. The molecule has 0 saturated heterocycles. The van der Waals surface area contributed by atoms with E-state index in [2.05, 4.69) is 10.3 Å². The fourth-order valence-corrected chi connectivity index (χ4v) is 3.46. The minimum atomic E-state index is -0.490. The molecule has 5 aromatic rings. The lowest BCUT2D eigenvalue weighted by atomic mass is 10.1. The number of nitro groups is 1. The van der Waals surface area contributed by atoms with Crippen LogP contribution >= 0.6 is 0 Å². The van der Waals surface area contributed by atoms with Crippen LogP contribution in [-0.4, -0.2) is 15.8 Å². The number of nitrogens with zero attached hydrogens (tertiary/aromatic N) is 2. The van der Waals surface area contributed by atoms with Gasteiger partial charge in [-0.3, -0.25) is 14.9 Å². The number of benzene rings is 3. The highest BCUT2D eigenvalue weighted by Crippen LogP contribution is 2.31. The lowest BCUT2D eigenvalue weighted by Crippen LogP contribution is -2.10. The molecular weight excluding hydrogens is 422 g/mol. The third kappa shape index (κ3) is 3.97. The largest absolute Gasteiger partial charge is 0.451 e. The van der Waals surface area contributed by atoms with E-state index in [1.807, 2.05) is 31.2 Å². The number of fused-ring (bicyclic) bond motifs is 1. The average Bonchev–Trinajstić information content (AvgIpc) is 3.47. The summed E-state index contributed by atoms with van der Waals surface area (Å²) in [6, 6.07) is 22.2. The van der Waals surface area contributed by atoms with Gasteiger partial charge < -0.3 is 14.2 Å². The number of para-hydroxylation sites is 1. The summed E-state index contributed by atoms with van der Waals surface area (Å²) >= 11 is 0. The summed E-state index contributed by atoms with van der Waals surface area (Å²) in [6.07, 6.45) is 0. The molecule has 0 bridgehead atoms. The molecule has 33 heavy (non-hydrogen) atoms. The van der Waals surface area contributed by atoms with Crippen molar-refractivity contribution in [1.29, 1.82) is 0 Å². The average molecular weight is 439 g/mol. The number of hydrogen-bond donors (Lipinski definition) is 1. The van der Waals surface area contributed by atoms with Crippen LogP contribution in [0.25, 0.3) is 33.9 Å². The van der Waals surface area contributed by atoms with Crippen LogP contribution in [0.1, 0.15) is 16.1 Å². The van der Waals surface area contributed by atoms with E-state index in [1.54, 1.807) is 36.4 Å². The smallest absolute Gasteiger partial charge is 0.291 e. The van der Waals surface area contributed by atoms with Crippen LogP contribution in [0.5, 0.6) is 0 Å². The van der Waals surface area contributed by atoms with Crippen molar-refractivity contribution in [3.8, 4) is 22.8 Å². The number of aryl methyl sites for hydroxylation is 1. The monoisotopic (exact) mass is 439 g/mol. The molecular formula is C25H17N3O5. The number of oxazole rings is 1. The molecule has 2 aromatic heterocycles. The molecule has 0 aliphatic heterocycles. The van der Waals surface area contributed by atoms with Gasteiger partial charge in [0.15, 0.2) is 11.3 Å². The fraction of sp³-hybridized carbons (Fsp3) is 0.0400. The van der Waals surface area contributed by atoms with E-state index < -0.39 is 10.8 Å². The van der Waals surface area contributed by atoms with Crippen LogP contribution in [0.2, 0.25) is 0 Å². The SMILES string of the molecule is Cc1ccc(-c2nc3cc(NC(=O)c4ccc(-c5ccccc5[N+](=O)[O-])o4)ccc3o2)cc1. The van der Waals surface area contributed by atoms with Gasteiger partial charge in [-0.2, -0.15) is 0 Å². The summed E-state index contributed by atoms with van der Waals surface area (Å²) in [5.74, 6) is 0.279. The zero-order chi connectivity index (χ0) is 22.9. The topological polar surface area (TPSA) is 111 Å². The van der Waals surface area contributed by atoms with Gasteiger partial charge in [0.25, 0.3) is 11.6 Å². The molecule has 0 spiro atoms. The molecule has 0 saturated carbocycles. The van der Waals surface area contributed by atoms with Crippen molar-refractivity contribution >= 4 is 28.4 Å². The first kappa shape index (κ1) is 20.2. The highest BCUT2D eigenvalue weighted by atomic mass is 16.6. The molecule has 2 heterocycles. The van der Waals surface area contributed by atoms with Crippen molar-refractivity contribution in [1.82, 2.24) is 4.98 Å². The quantitative estimate of drug-likeness (QED) is 0.257. The van der Waals surface area contributed by atoms with Gasteiger partial charge in [-0.25, -0.2) is 4.98 Å². The van der Waals surface area contributed by atoms with Crippen LogP contribution in [0.15, 0.2) is 87.7 Å². The number of rotatable bonds is 5. The summed E-state index contributed by atoms with van der Waals surface area (Å²) in [5.41, 5.74) is 3.92. The zero-order valence-electron chi connectivity index (χ0n) is 17.4. The second-order valence-electron chi connectivity index (χ2n) is 7.46. The third-order valence-corrected chi connectivity index (χ3v) is 5.14. The van der Waals surface area contributed by atoms with Gasteiger partial charge in [0.05, 0.1) is 10.5 Å². The first-order valence-electron chi connectivity index (χ1n) is 10.1. The van der Waals surface area contributed by atoms with E-state index in [0.29, 0.717) is 28.2 Å². The van der Waals surface area contributed by atoms with Gasteiger partial charge in [0.2, 0.25) is 5.89 Å². The van der Waals surface area contributed by atoms with E-state index in [1.165, 1.54) is 18.2 Å². The van der Waals surface area contributed by atoms with Gasteiger partial charge in [-0.15, -0.1) is 0 Å². The van der Waals surface area contributed by atoms with Gasteiger partial charge >= 0.3 is 0 Å². The summed E-state index contributed by atoms with van der Waals surface area (Å²) in [5, 5.41) is 14.0. The van der Waals surface area contributed by atoms with Crippen LogP contribution in [0, 0.1) is 17.0 Å². The Morgan fingerprint density at radius 2 is 1.76 bits per heavy atom. The number of anilines is 1. The van der Waals surface area contributed by atoms with Gasteiger partial charge in [0.1, 0.15) is 11.3 Å².